The van der Waals surface area contributed by atoms with Gasteiger partial charge in [0, 0.05) is 5.92 Å². The number of benzene rings is 3. The van der Waals surface area contributed by atoms with Crippen molar-refractivity contribution in [1.29, 1.82) is 0 Å². The topological polar surface area (TPSA) is 26.3 Å². The third-order valence-electron chi connectivity index (χ3n) is 5.13. The molecule has 0 amide bonds. The van der Waals surface area contributed by atoms with Crippen molar-refractivity contribution >= 4 is 5.97 Å². The number of fused-ring (bicyclic) bond motifs is 3. The van der Waals surface area contributed by atoms with E-state index in [0.717, 1.165) is 5.56 Å². The molecular formula is C24H21O2. The van der Waals surface area contributed by atoms with Gasteiger partial charge in [0.2, 0.25) is 0 Å². The van der Waals surface area contributed by atoms with E-state index in [2.05, 4.69) is 43.3 Å². The Kier molecular flexibility index (Phi) is 4.57. The lowest BCUT2D eigenvalue weighted by Crippen LogP contribution is -2.19. The van der Waals surface area contributed by atoms with Crippen LogP contribution in [0.3, 0.4) is 0 Å². The van der Waals surface area contributed by atoms with Gasteiger partial charge in [-0.2, -0.15) is 0 Å². The van der Waals surface area contributed by atoms with Gasteiger partial charge in [0.1, 0.15) is 6.61 Å². The van der Waals surface area contributed by atoms with Crippen LogP contribution in [0.4, 0.5) is 0 Å². The van der Waals surface area contributed by atoms with Gasteiger partial charge in [-0.3, -0.25) is 4.79 Å². The number of carbonyl (C=O) groups excluding carboxylic acids is 1. The molecule has 1 aliphatic carbocycles. The average Bonchev–Trinajstić information content (AvgIpc) is 3.02. The second-order valence-corrected chi connectivity index (χ2v) is 6.61. The number of rotatable bonds is 5. The molecule has 1 atom stereocenters. The third-order valence-corrected chi connectivity index (χ3v) is 5.13. The van der Waals surface area contributed by atoms with Gasteiger partial charge >= 0.3 is 5.97 Å². The highest BCUT2D eigenvalue weighted by atomic mass is 16.5. The lowest BCUT2D eigenvalue weighted by atomic mass is 9.96. The molecule has 0 saturated heterocycles. The summed E-state index contributed by atoms with van der Waals surface area (Å²) < 4.78 is 5.77. The van der Waals surface area contributed by atoms with Crippen LogP contribution >= 0.6 is 0 Å². The highest BCUT2D eigenvalue weighted by Gasteiger charge is 2.30. The molecule has 0 aliphatic heterocycles. The standard InChI is InChI=1S/C24H21O2/c1-2-18(17-10-4-3-5-11-17)24(25)26-16-23-21-14-8-6-12-19(21)20-13-7-9-15-22(20)23/h3-15,18,23H,1-2,16H2. The second kappa shape index (κ2) is 7.17. The summed E-state index contributed by atoms with van der Waals surface area (Å²) >= 11 is 0. The quantitative estimate of drug-likeness (QED) is 0.585. The monoisotopic (exact) mass is 341 g/mol. The van der Waals surface area contributed by atoms with Crippen LogP contribution in [-0.4, -0.2) is 12.6 Å². The molecule has 1 radical (unpaired) electrons. The first-order chi connectivity index (χ1) is 12.8. The lowest BCUT2D eigenvalue weighted by molar-refractivity contribution is -0.145. The number of hydrogen-bond acceptors (Lipinski definition) is 2. The Morgan fingerprint density at radius 3 is 1.96 bits per heavy atom. The number of hydrogen-bond donors (Lipinski definition) is 0. The van der Waals surface area contributed by atoms with E-state index in [4.69, 9.17) is 4.74 Å². The van der Waals surface area contributed by atoms with Crippen molar-refractivity contribution in [1.82, 2.24) is 0 Å². The molecule has 0 spiro atoms. The minimum atomic E-state index is -0.317. The van der Waals surface area contributed by atoms with Crippen LogP contribution < -0.4 is 0 Å². The minimum Gasteiger partial charge on any atom is -0.464 e. The number of carbonyl (C=O) groups is 1. The second-order valence-electron chi connectivity index (χ2n) is 6.61. The summed E-state index contributed by atoms with van der Waals surface area (Å²) in [7, 11) is 0. The van der Waals surface area contributed by atoms with Gasteiger partial charge in [-0.05, 0) is 34.2 Å². The molecule has 1 aliphatic rings. The fourth-order valence-corrected chi connectivity index (χ4v) is 3.81. The fraction of sp³-hybridized carbons (Fsp3) is 0.167. The Balaban J connectivity index is 1.55. The lowest BCUT2D eigenvalue weighted by Gasteiger charge is -2.18. The smallest absolute Gasteiger partial charge is 0.313 e. The van der Waals surface area contributed by atoms with Crippen LogP contribution in [0.25, 0.3) is 11.1 Å². The molecule has 0 bridgehead atoms. The molecule has 0 saturated carbocycles. The highest BCUT2D eigenvalue weighted by molar-refractivity contribution is 5.80. The van der Waals surface area contributed by atoms with Gasteiger partial charge in [0.05, 0.1) is 5.92 Å². The van der Waals surface area contributed by atoms with Gasteiger partial charge in [0.15, 0.2) is 0 Å². The van der Waals surface area contributed by atoms with E-state index >= 15 is 0 Å². The van der Waals surface area contributed by atoms with Gasteiger partial charge in [-0.1, -0.05) is 85.8 Å². The molecular weight excluding hydrogens is 320 g/mol. The van der Waals surface area contributed by atoms with Crippen molar-refractivity contribution in [3.05, 3.63) is 102 Å². The van der Waals surface area contributed by atoms with Gasteiger partial charge in [0.25, 0.3) is 0 Å². The maximum Gasteiger partial charge on any atom is 0.313 e. The Morgan fingerprint density at radius 2 is 1.38 bits per heavy atom. The molecule has 2 nitrogen and oxygen atoms in total. The van der Waals surface area contributed by atoms with Crippen LogP contribution in [0.1, 0.15) is 34.9 Å². The zero-order valence-electron chi connectivity index (χ0n) is 14.6. The fourth-order valence-electron chi connectivity index (χ4n) is 3.81. The largest absolute Gasteiger partial charge is 0.464 e. The van der Waals surface area contributed by atoms with E-state index in [1.54, 1.807) is 0 Å². The predicted molar refractivity (Wildman–Crippen MR) is 104 cm³/mol. The molecule has 1 unspecified atom stereocenters. The van der Waals surface area contributed by atoms with Crippen molar-refractivity contribution in [2.75, 3.05) is 6.61 Å². The van der Waals surface area contributed by atoms with Crippen molar-refractivity contribution in [2.24, 2.45) is 0 Å². The van der Waals surface area contributed by atoms with E-state index in [-0.39, 0.29) is 17.8 Å². The molecule has 0 N–H and O–H groups in total. The minimum absolute atomic E-state index is 0.0904. The summed E-state index contributed by atoms with van der Waals surface area (Å²) in [6.45, 7) is 4.29. The molecule has 0 heterocycles. The van der Waals surface area contributed by atoms with Crippen molar-refractivity contribution < 1.29 is 9.53 Å². The van der Waals surface area contributed by atoms with Crippen LogP contribution in [0.2, 0.25) is 0 Å². The Labute approximate surface area is 154 Å². The first kappa shape index (κ1) is 16.6. The summed E-state index contributed by atoms with van der Waals surface area (Å²) in [5.74, 6) is -0.427. The Bertz CT molecular complexity index is 869. The molecule has 0 fully saturated rings. The summed E-state index contributed by atoms with van der Waals surface area (Å²) in [5, 5.41) is 0. The van der Waals surface area contributed by atoms with E-state index in [1.807, 2.05) is 42.5 Å². The number of esters is 1. The van der Waals surface area contributed by atoms with E-state index in [0.29, 0.717) is 13.0 Å². The molecule has 3 aromatic rings. The first-order valence-electron chi connectivity index (χ1n) is 8.98. The molecule has 0 aromatic heterocycles. The normalized spacial score (nSPS) is 13.7. The maximum atomic E-state index is 12.7. The first-order valence-corrected chi connectivity index (χ1v) is 8.98. The van der Waals surface area contributed by atoms with E-state index in [1.165, 1.54) is 22.3 Å². The van der Waals surface area contributed by atoms with Crippen LogP contribution in [0.5, 0.6) is 0 Å². The molecule has 129 valence electrons. The van der Waals surface area contributed by atoms with Gasteiger partial charge < -0.3 is 4.74 Å². The Hall–Kier alpha value is -2.87. The summed E-state index contributed by atoms with van der Waals surface area (Å²) in [5.41, 5.74) is 5.89. The summed E-state index contributed by atoms with van der Waals surface area (Å²) in [6, 6.07) is 26.5. The van der Waals surface area contributed by atoms with Crippen LogP contribution in [-0.2, 0) is 9.53 Å². The molecule has 26 heavy (non-hydrogen) atoms. The molecule has 4 rings (SSSR count). The van der Waals surface area contributed by atoms with Crippen LogP contribution in [0, 0.1) is 6.92 Å². The zero-order valence-corrected chi connectivity index (χ0v) is 14.6. The summed E-state index contributed by atoms with van der Waals surface area (Å²) in [4.78, 5) is 12.7. The van der Waals surface area contributed by atoms with Gasteiger partial charge in [-0.25, -0.2) is 0 Å². The molecule has 2 heteroatoms. The third kappa shape index (κ3) is 2.92. The van der Waals surface area contributed by atoms with E-state index in [9.17, 15) is 4.79 Å². The van der Waals surface area contributed by atoms with Gasteiger partial charge in [-0.15, -0.1) is 0 Å². The Morgan fingerprint density at radius 1 is 0.846 bits per heavy atom. The number of ether oxygens (including phenoxy) is 1. The van der Waals surface area contributed by atoms with E-state index < -0.39 is 0 Å². The van der Waals surface area contributed by atoms with Crippen molar-refractivity contribution in [3.63, 3.8) is 0 Å². The summed E-state index contributed by atoms with van der Waals surface area (Å²) in [6.07, 6.45) is 0.487. The SMILES string of the molecule is [CH2]CC(C(=O)OCC1c2ccccc2-c2ccccc21)c1ccccc1. The maximum absolute atomic E-state index is 12.7. The predicted octanol–water partition coefficient (Wildman–Crippen LogP) is 5.35. The highest BCUT2D eigenvalue weighted by Crippen LogP contribution is 2.44. The zero-order chi connectivity index (χ0) is 17.9. The molecule has 3 aromatic carbocycles. The van der Waals surface area contributed by atoms with Crippen molar-refractivity contribution in [2.45, 2.75) is 18.3 Å². The average molecular weight is 341 g/mol. The van der Waals surface area contributed by atoms with Crippen molar-refractivity contribution in [3.8, 4) is 11.1 Å². The van der Waals surface area contributed by atoms with Crippen LogP contribution in [0.15, 0.2) is 78.9 Å².